The first-order valence-corrected chi connectivity index (χ1v) is 5.89. The molecule has 0 aromatic carbocycles. The van der Waals surface area contributed by atoms with Crippen LogP contribution in [0, 0.1) is 0 Å². The van der Waals surface area contributed by atoms with Crippen LogP contribution < -0.4 is 0 Å². The van der Waals surface area contributed by atoms with Crippen molar-refractivity contribution in [3.05, 3.63) is 0 Å². The number of hydrogen-bond donors (Lipinski definition) is 1. The summed E-state index contributed by atoms with van der Waals surface area (Å²) in [4.78, 5) is 2.29. The van der Waals surface area contributed by atoms with E-state index in [0.29, 0.717) is 0 Å². The molecular formula is C11H23NO3. The lowest BCUT2D eigenvalue weighted by molar-refractivity contribution is -0.0581. The quantitative estimate of drug-likeness (QED) is 0.630. The molecule has 0 aliphatic carbocycles. The van der Waals surface area contributed by atoms with Gasteiger partial charge in [-0.2, -0.15) is 0 Å². The monoisotopic (exact) mass is 217 g/mol. The number of ether oxygens (including phenoxy) is 2. The van der Waals surface area contributed by atoms with Crippen LogP contribution in [0.25, 0.3) is 0 Å². The summed E-state index contributed by atoms with van der Waals surface area (Å²) in [7, 11) is 0. The molecule has 0 aromatic heterocycles. The van der Waals surface area contributed by atoms with Gasteiger partial charge in [0.2, 0.25) is 0 Å². The van der Waals surface area contributed by atoms with Crippen LogP contribution in [-0.2, 0) is 9.47 Å². The zero-order valence-corrected chi connectivity index (χ0v) is 9.65. The lowest BCUT2D eigenvalue weighted by Gasteiger charge is -2.31. The molecule has 1 heterocycles. The standard InChI is InChI=1S/C11H23NO3/c1-2-3-6-14-7-4-12-5-8-15-11(9-12)10-13/h11,13H,2-10H2,1H3. The van der Waals surface area contributed by atoms with E-state index in [2.05, 4.69) is 11.8 Å². The van der Waals surface area contributed by atoms with Crippen LogP contribution in [0.5, 0.6) is 0 Å². The van der Waals surface area contributed by atoms with E-state index in [9.17, 15) is 0 Å². The molecule has 1 fully saturated rings. The highest BCUT2D eigenvalue weighted by molar-refractivity contribution is 4.70. The van der Waals surface area contributed by atoms with E-state index in [0.717, 1.165) is 45.9 Å². The van der Waals surface area contributed by atoms with Gasteiger partial charge in [-0.05, 0) is 6.42 Å². The van der Waals surface area contributed by atoms with Gasteiger partial charge in [-0.1, -0.05) is 13.3 Å². The molecule has 0 radical (unpaired) electrons. The summed E-state index contributed by atoms with van der Waals surface area (Å²) in [5.74, 6) is 0. The fourth-order valence-corrected chi connectivity index (χ4v) is 1.64. The molecular weight excluding hydrogens is 194 g/mol. The smallest absolute Gasteiger partial charge is 0.0932 e. The van der Waals surface area contributed by atoms with Crippen LogP contribution in [0.3, 0.4) is 0 Å². The van der Waals surface area contributed by atoms with Crippen molar-refractivity contribution in [1.82, 2.24) is 4.90 Å². The topological polar surface area (TPSA) is 41.9 Å². The van der Waals surface area contributed by atoms with Gasteiger partial charge in [0.05, 0.1) is 25.9 Å². The molecule has 1 aliphatic rings. The third-order valence-corrected chi connectivity index (χ3v) is 2.62. The second-order valence-electron chi connectivity index (χ2n) is 3.94. The van der Waals surface area contributed by atoms with Gasteiger partial charge in [-0.3, -0.25) is 4.90 Å². The van der Waals surface area contributed by atoms with E-state index in [-0.39, 0.29) is 12.7 Å². The molecule has 4 heteroatoms. The first-order valence-electron chi connectivity index (χ1n) is 5.89. The van der Waals surface area contributed by atoms with E-state index in [1.807, 2.05) is 0 Å². The largest absolute Gasteiger partial charge is 0.394 e. The summed E-state index contributed by atoms with van der Waals surface area (Å²) in [6, 6.07) is 0. The van der Waals surface area contributed by atoms with Crippen molar-refractivity contribution in [2.75, 3.05) is 46.1 Å². The highest BCUT2D eigenvalue weighted by Crippen LogP contribution is 2.03. The Morgan fingerprint density at radius 3 is 3.07 bits per heavy atom. The fraction of sp³-hybridized carbons (Fsp3) is 1.00. The molecule has 90 valence electrons. The molecule has 15 heavy (non-hydrogen) atoms. The summed E-state index contributed by atoms with van der Waals surface area (Å²) >= 11 is 0. The molecule has 0 bridgehead atoms. The number of unbranched alkanes of at least 4 members (excludes halogenated alkanes) is 1. The van der Waals surface area contributed by atoms with E-state index in [4.69, 9.17) is 14.6 Å². The van der Waals surface area contributed by atoms with Crippen molar-refractivity contribution in [3.63, 3.8) is 0 Å². The number of aliphatic hydroxyl groups excluding tert-OH is 1. The van der Waals surface area contributed by atoms with E-state index in [1.165, 1.54) is 6.42 Å². The number of morpholine rings is 1. The predicted molar refractivity (Wildman–Crippen MR) is 59.0 cm³/mol. The van der Waals surface area contributed by atoms with Crippen molar-refractivity contribution >= 4 is 0 Å². The van der Waals surface area contributed by atoms with Crippen LogP contribution in [-0.4, -0.2) is 62.2 Å². The van der Waals surface area contributed by atoms with Gasteiger partial charge in [0.1, 0.15) is 0 Å². The van der Waals surface area contributed by atoms with Gasteiger partial charge in [0.25, 0.3) is 0 Å². The molecule has 0 saturated carbocycles. The Morgan fingerprint density at radius 1 is 1.47 bits per heavy atom. The van der Waals surface area contributed by atoms with Crippen LogP contribution >= 0.6 is 0 Å². The Balaban J connectivity index is 2.00. The Kier molecular flexibility index (Phi) is 6.92. The predicted octanol–water partition coefficient (Wildman–Crippen LogP) is 0.496. The van der Waals surface area contributed by atoms with E-state index in [1.54, 1.807) is 0 Å². The highest BCUT2D eigenvalue weighted by Gasteiger charge is 2.18. The first-order chi connectivity index (χ1) is 7.36. The molecule has 1 N–H and O–H groups in total. The molecule has 1 saturated heterocycles. The zero-order valence-electron chi connectivity index (χ0n) is 9.65. The second kappa shape index (κ2) is 8.05. The average Bonchev–Trinajstić information content (AvgIpc) is 2.29. The van der Waals surface area contributed by atoms with Gasteiger partial charge in [-0.25, -0.2) is 0 Å². The normalized spacial score (nSPS) is 23.2. The maximum absolute atomic E-state index is 8.97. The van der Waals surface area contributed by atoms with Gasteiger partial charge >= 0.3 is 0 Å². The number of rotatable bonds is 7. The van der Waals surface area contributed by atoms with Crippen LogP contribution in [0.4, 0.5) is 0 Å². The van der Waals surface area contributed by atoms with E-state index >= 15 is 0 Å². The highest BCUT2D eigenvalue weighted by atomic mass is 16.5. The SMILES string of the molecule is CCCCOCCN1CCOC(CO)C1. The number of nitrogens with zero attached hydrogens (tertiary/aromatic N) is 1. The third kappa shape index (κ3) is 5.47. The van der Waals surface area contributed by atoms with Crippen LogP contribution in [0.15, 0.2) is 0 Å². The third-order valence-electron chi connectivity index (χ3n) is 2.62. The molecule has 1 aliphatic heterocycles. The van der Waals surface area contributed by atoms with Crippen LogP contribution in [0.2, 0.25) is 0 Å². The lowest BCUT2D eigenvalue weighted by atomic mass is 10.3. The summed E-state index contributed by atoms with van der Waals surface area (Å²) in [6.07, 6.45) is 2.32. The van der Waals surface area contributed by atoms with Crippen molar-refractivity contribution in [3.8, 4) is 0 Å². The van der Waals surface area contributed by atoms with Crippen molar-refractivity contribution in [1.29, 1.82) is 0 Å². The summed E-state index contributed by atoms with van der Waals surface area (Å²) in [6.45, 7) is 7.39. The van der Waals surface area contributed by atoms with Crippen molar-refractivity contribution < 1.29 is 14.6 Å². The van der Waals surface area contributed by atoms with Crippen LogP contribution in [0.1, 0.15) is 19.8 Å². The summed E-state index contributed by atoms with van der Waals surface area (Å²) < 4.78 is 10.9. The number of aliphatic hydroxyl groups is 1. The van der Waals surface area contributed by atoms with Gasteiger partial charge in [0.15, 0.2) is 0 Å². The molecule has 1 rings (SSSR count). The molecule has 0 amide bonds. The fourth-order valence-electron chi connectivity index (χ4n) is 1.64. The minimum Gasteiger partial charge on any atom is -0.394 e. The van der Waals surface area contributed by atoms with Gasteiger partial charge in [-0.15, -0.1) is 0 Å². The van der Waals surface area contributed by atoms with Gasteiger partial charge in [0, 0.05) is 26.2 Å². The Hall–Kier alpha value is -0.160. The minimum absolute atomic E-state index is 0.00519. The Labute approximate surface area is 92.2 Å². The first kappa shape index (κ1) is 12.9. The maximum Gasteiger partial charge on any atom is 0.0932 e. The molecule has 0 spiro atoms. The van der Waals surface area contributed by atoms with Gasteiger partial charge < -0.3 is 14.6 Å². The second-order valence-corrected chi connectivity index (χ2v) is 3.94. The summed E-state index contributed by atoms with van der Waals surface area (Å²) in [5.41, 5.74) is 0. The lowest BCUT2D eigenvalue weighted by Crippen LogP contribution is -2.45. The van der Waals surface area contributed by atoms with Crippen molar-refractivity contribution in [2.24, 2.45) is 0 Å². The zero-order chi connectivity index (χ0) is 10.9. The maximum atomic E-state index is 8.97. The minimum atomic E-state index is -0.00519. The molecule has 0 aromatic rings. The molecule has 1 unspecified atom stereocenters. The number of hydrogen-bond acceptors (Lipinski definition) is 4. The average molecular weight is 217 g/mol. The summed E-state index contributed by atoms with van der Waals surface area (Å²) in [5, 5.41) is 8.97. The Bertz CT molecular complexity index is 155. The Morgan fingerprint density at radius 2 is 2.33 bits per heavy atom. The van der Waals surface area contributed by atoms with Crippen molar-refractivity contribution in [2.45, 2.75) is 25.9 Å². The van der Waals surface area contributed by atoms with E-state index < -0.39 is 0 Å². The molecule has 4 nitrogen and oxygen atoms in total. The molecule has 1 atom stereocenters.